The number of hydrogen-bond donors (Lipinski definition) is 0. The van der Waals surface area contributed by atoms with Crippen LogP contribution >= 0.6 is 31.9 Å². The van der Waals surface area contributed by atoms with E-state index in [-0.39, 0.29) is 0 Å². The predicted octanol–water partition coefficient (Wildman–Crippen LogP) is 12.3. The average molecular weight is 659 g/mol. The van der Waals surface area contributed by atoms with Crippen molar-refractivity contribution in [3.05, 3.63) is 81.7 Å². The van der Waals surface area contributed by atoms with Gasteiger partial charge in [-0.3, -0.25) is 0 Å². The Morgan fingerprint density at radius 3 is 1.23 bits per heavy atom. The molecule has 6 aromatic rings. The molecule has 2 aromatic heterocycles. The van der Waals surface area contributed by atoms with E-state index < -0.39 is 0 Å². The molecule has 206 valence electrons. The number of rotatable bonds is 11. The lowest BCUT2D eigenvalue weighted by Gasteiger charge is -2.09. The molecular weight excluding hydrogens is 620 g/mol. The Balaban J connectivity index is 1.45. The topological polar surface area (TPSA) is 9.86 Å². The quantitative estimate of drug-likeness (QED) is 0.123. The molecule has 0 bridgehead atoms. The van der Waals surface area contributed by atoms with E-state index in [0.29, 0.717) is 0 Å². The van der Waals surface area contributed by atoms with Gasteiger partial charge >= 0.3 is 0 Å². The van der Waals surface area contributed by atoms with E-state index in [4.69, 9.17) is 0 Å². The lowest BCUT2D eigenvalue weighted by Crippen LogP contribution is -1.98. The molecule has 6 rings (SSSR count). The van der Waals surface area contributed by atoms with Crippen molar-refractivity contribution in [3.63, 3.8) is 0 Å². The van der Waals surface area contributed by atoms with Crippen molar-refractivity contribution in [3.8, 4) is 11.1 Å². The Bertz CT molecular complexity index is 1670. The number of halogens is 2. The Kier molecular flexibility index (Phi) is 8.37. The van der Waals surface area contributed by atoms with Crippen molar-refractivity contribution in [1.29, 1.82) is 0 Å². The minimum atomic E-state index is 1.07. The number of unbranched alkanes of at least 4 members (excludes halogenated alkanes) is 6. The van der Waals surface area contributed by atoms with Crippen LogP contribution in [-0.2, 0) is 13.1 Å². The second kappa shape index (κ2) is 12.1. The van der Waals surface area contributed by atoms with Gasteiger partial charge in [-0.2, -0.15) is 0 Å². The largest absolute Gasteiger partial charge is 0.340 e. The molecule has 2 heterocycles. The molecule has 0 spiro atoms. The van der Waals surface area contributed by atoms with Crippen LogP contribution in [0.4, 0.5) is 0 Å². The van der Waals surface area contributed by atoms with Crippen molar-refractivity contribution >= 4 is 75.5 Å². The summed E-state index contributed by atoms with van der Waals surface area (Å²) in [6.07, 6.45) is 10.2. The highest BCUT2D eigenvalue weighted by Gasteiger charge is 2.15. The molecule has 4 heteroatoms. The first kappa shape index (κ1) is 27.6. The molecule has 40 heavy (non-hydrogen) atoms. The van der Waals surface area contributed by atoms with Gasteiger partial charge in [0.2, 0.25) is 0 Å². The summed E-state index contributed by atoms with van der Waals surface area (Å²) in [5.74, 6) is 0. The zero-order valence-electron chi connectivity index (χ0n) is 23.6. The molecule has 0 N–H and O–H groups in total. The second-order valence-corrected chi connectivity index (χ2v) is 13.0. The highest BCUT2D eigenvalue weighted by atomic mass is 79.9. The van der Waals surface area contributed by atoms with Crippen LogP contribution in [0.5, 0.6) is 0 Å². The zero-order chi connectivity index (χ0) is 27.6. The summed E-state index contributed by atoms with van der Waals surface area (Å²) in [5.41, 5.74) is 7.89. The van der Waals surface area contributed by atoms with Crippen LogP contribution in [-0.4, -0.2) is 9.13 Å². The molecule has 0 saturated heterocycles. The molecular formula is C36H38Br2N2. The lowest BCUT2D eigenvalue weighted by molar-refractivity contribution is 0.602. The zero-order valence-corrected chi connectivity index (χ0v) is 26.8. The van der Waals surface area contributed by atoms with E-state index >= 15 is 0 Å². The number of aromatic nitrogens is 2. The number of aryl methyl sites for hydroxylation is 2. The van der Waals surface area contributed by atoms with Crippen molar-refractivity contribution in [2.24, 2.45) is 0 Å². The molecule has 0 aliphatic carbocycles. The number of nitrogens with zero attached hydrogens (tertiary/aromatic N) is 2. The summed E-state index contributed by atoms with van der Waals surface area (Å²) in [6, 6.07) is 27.6. The van der Waals surface area contributed by atoms with Crippen LogP contribution in [0, 0.1) is 0 Å². The van der Waals surface area contributed by atoms with Gasteiger partial charge in [-0.25, -0.2) is 0 Å². The van der Waals surface area contributed by atoms with Crippen LogP contribution in [0.15, 0.2) is 81.7 Å². The van der Waals surface area contributed by atoms with Crippen LogP contribution in [0.3, 0.4) is 0 Å². The first-order chi connectivity index (χ1) is 19.6. The van der Waals surface area contributed by atoms with Gasteiger partial charge in [-0.1, -0.05) is 96.4 Å². The molecule has 0 aliphatic heterocycles. The van der Waals surface area contributed by atoms with E-state index in [0.717, 1.165) is 22.0 Å². The Morgan fingerprint density at radius 2 is 0.825 bits per heavy atom. The summed E-state index contributed by atoms with van der Waals surface area (Å²) < 4.78 is 7.33. The third-order valence-corrected chi connectivity index (χ3v) is 9.44. The van der Waals surface area contributed by atoms with Crippen LogP contribution in [0.2, 0.25) is 0 Å². The SMILES string of the molecule is CCCCCCn1c2ccc(Br)cc2c2cc(-c3ccc4c(c3)c3cc(Br)ccc3n4CCCCCC)ccc21. The second-order valence-electron chi connectivity index (χ2n) is 11.2. The van der Waals surface area contributed by atoms with Gasteiger partial charge in [0.25, 0.3) is 0 Å². The summed E-state index contributed by atoms with van der Waals surface area (Å²) in [7, 11) is 0. The van der Waals surface area contributed by atoms with Crippen LogP contribution < -0.4 is 0 Å². The van der Waals surface area contributed by atoms with Gasteiger partial charge in [0.1, 0.15) is 0 Å². The fraction of sp³-hybridized carbons (Fsp3) is 0.333. The number of benzene rings is 4. The number of fused-ring (bicyclic) bond motifs is 6. The maximum atomic E-state index is 3.73. The summed E-state index contributed by atoms with van der Waals surface area (Å²) in [5, 5.41) is 5.33. The Labute approximate surface area is 254 Å². The van der Waals surface area contributed by atoms with Crippen LogP contribution in [0.25, 0.3) is 54.7 Å². The first-order valence-electron chi connectivity index (χ1n) is 15.0. The lowest BCUT2D eigenvalue weighted by atomic mass is 10.0. The summed E-state index contributed by atoms with van der Waals surface area (Å²) in [6.45, 7) is 6.70. The molecule has 0 aliphatic rings. The molecule has 0 atom stereocenters. The molecule has 0 radical (unpaired) electrons. The molecule has 0 amide bonds. The van der Waals surface area contributed by atoms with Crippen molar-refractivity contribution in [2.45, 2.75) is 78.3 Å². The highest BCUT2D eigenvalue weighted by molar-refractivity contribution is 9.10. The fourth-order valence-corrected chi connectivity index (χ4v) is 7.11. The normalized spacial score (nSPS) is 12.0. The molecule has 2 nitrogen and oxygen atoms in total. The maximum absolute atomic E-state index is 3.73. The van der Waals surface area contributed by atoms with E-state index in [1.54, 1.807) is 0 Å². The van der Waals surface area contributed by atoms with Crippen molar-refractivity contribution in [2.75, 3.05) is 0 Å². The molecule has 0 fully saturated rings. The molecule has 4 aromatic carbocycles. The van der Waals surface area contributed by atoms with Crippen LogP contribution in [0.1, 0.15) is 65.2 Å². The van der Waals surface area contributed by atoms with Gasteiger partial charge < -0.3 is 9.13 Å². The molecule has 0 unspecified atom stereocenters. The van der Waals surface area contributed by atoms with Gasteiger partial charge in [0, 0.05) is 65.6 Å². The third kappa shape index (κ3) is 5.25. The predicted molar refractivity (Wildman–Crippen MR) is 182 cm³/mol. The van der Waals surface area contributed by atoms with Gasteiger partial charge in [-0.05, 0) is 84.6 Å². The van der Waals surface area contributed by atoms with Crippen molar-refractivity contribution < 1.29 is 0 Å². The Morgan fingerprint density at radius 1 is 0.450 bits per heavy atom. The number of hydrogen-bond acceptors (Lipinski definition) is 0. The van der Waals surface area contributed by atoms with E-state index in [1.165, 1.54) is 106 Å². The van der Waals surface area contributed by atoms with E-state index in [2.05, 4.69) is 128 Å². The monoisotopic (exact) mass is 656 g/mol. The molecule has 0 saturated carbocycles. The van der Waals surface area contributed by atoms with E-state index in [1.807, 2.05) is 0 Å². The van der Waals surface area contributed by atoms with E-state index in [9.17, 15) is 0 Å². The Hall–Kier alpha value is -2.56. The highest BCUT2D eigenvalue weighted by Crippen LogP contribution is 2.38. The van der Waals surface area contributed by atoms with Gasteiger partial charge in [0.15, 0.2) is 0 Å². The third-order valence-electron chi connectivity index (χ3n) is 8.46. The van der Waals surface area contributed by atoms with Gasteiger partial charge in [-0.15, -0.1) is 0 Å². The standard InChI is InChI=1S/C36H38Br2N2/c1-3-5-7-9-19-39-33-15-11-25(21-29(33)31-23-27(37)13-17-35(31)39)26-12-16-34-30(22-26)32-24-28(38)14-18-36(32)40(34)20-10-8-6-4-2/h11-18,21-24H,3-10,19-20H2,1-2H3. The van der Waals surface area contributed by atoms with Gasteiger partial charge in [0.05, 0.1) is 0 Å². The minimum Gasteiger partial charge on any atom is -0.340 e. The fourth-order valence-electron chi connectivity index (χ4n) is 6.39. The summed E-state index contributed by atoms with van der Waals surface area (Å²) in [4.78, 5) is 0. The smallest absolute Gasteiger partial charge is 0.0492 e. The average Bonchev–Trinajstić information content (AvgIpc) is 3.44. The minimum absolute atomic E-state index is 1.07. The maximum Gasteiger partial charge on any atom is 0.0492 e. The van der Waals surface area contributed by atoms with Crippen molar-refractivity contribution in [1.82, 2.24) is 9.13 Å². The first-order valence-corrected chi connectivity index (χ1v) is 16.6. The summed E-state index contributed by atoms with van der Waals surface area (Å²) >= 11 is 7.47.